The van der Waals surface area contributed by atoms with Crippen LogP contribution in [-0.2, 0) is 4.74 Å². The van der Waals surface area contributed by atoms with Crippen LogP contribution in [0, 0.1) is 0 Å². The van der Waals surface area contributed by atoms with Crippen molar-refractivity contribution >= 4 is 17.2 Å². The highest BCUT2D eigenvalue weighted by atomic mass is 32.1. The molecule has 2 saturated heterocycles. The highest BCUT2D eigenvalue weighted by Crippen LogP contribution is 2.20. The molecule has 0 saturated carbocycles. The molecule has 0 spiro atoms. The summed E-state index contributed by atoms with van der Waals surface area (Å²) in [5, 5.41) is 0. The molecule has 4 nitrogen and oxygen atoms in total. The molecule has 2 unspecified atom stereocenters. The fraction of sp³-hybridized carbons (Fsp3) is 0.917. The number of likely N-dealkylation sites (tertiary alicyclic amines) is 1. The SMILES string of the molecule is CC(CC(N)=S)N1CCC(N2CCOCC2)C1. The number of ether oxygens (including phenoxy) is 1. The van der Waals surface area contributed by atoms with E-state index in [4.69, 9.17) is 22.7 Å². The Morgan fingerprint density at radius 2 is 2.12 bits per heavy atom. The first kappa shape index (κ1) is 13.2. The maximum Gasteiger partial charge on any atom is 0.0742 e. The van der Waals surface area contributed by atoms with Gasteiger partial charge in [-0.05, 0) is 13.3 Å². The lowest BCUT2D eigenvalue weighted by molar-refractivity contribution is 0.0178. The van der Waals surface area contributed by atoms with Crippen LogP contribution < -0.4 is 5.73 Å². The van der Waals surface area contributed by atoms with Gasteiger partial charge in [-0.1, -0.05) is 12.2 Å². The van der Waals surface area contributed by atoms with Crippen LogP contribution in [0.15, 0.2) is 0 Å². The molecule has 98 valence electrons. The summed E-state index contributed by atoms with van der Waals surface area (Å²) in [5.41, 5.74) is 5.62. The third kappa shape index (κ3) is 3.61. The van der Waals surface area contributed by atoms with Crippen molar-refractivity contribution in [2.75, 3.05) is 39.4 Å². The van der Waals surface area contributed by atoms with Crippen molar-refractivity contribution in [1.82, 2.24) is 9.80 Å². The van der Waals surface area contributed by atoms with Gasteiger partial charge in [-0.25, -0.2) is 0 Å². The van der Waals surface area contributed by atoms with E-state index in [1.807, 2.05) is 0 Å². The van der Waals surface area contributed by atoms with Crippen molar-refractivity contribution in [2.24, 2.45) is 5.73 Å². The number of rotatable bonds is 4. The number of hydrogen-bond donors (Lipinski definition) is 1. The first-order chi connectivity index (χ1) is 8.16. The molecule has 2 heterocycles. The molecular formula is C12H23N3OS. The standard InChI is InChI=1S/C12H23N3OS/c1-10(8-12(13)17)15-3-2-11(9-15)14-4-6-16-7-5-14/h10-11H,2-9H2,1H3,(H2,13,17). The van der Waals surface area contributed by atoms with Crippen molar-refractivity contribution in [2.45, 2.75) is 31.8 Å². The molecule has 5 heteroatoms. The minimum absolute atomic E-state index is 0.485. The van der Waals surface area contributed by atoms with E-state index in [1.165, 1.54) is 13.0 Å². The summed E-state index contributed by atoms with van der Waals surface area (Å²) in [6.45, 7) is 8.50. The highest BCUT2D eigenvalue weighted by Gasteiger charge is 2.30. The van der Waals surface area contributed by atoms with Gasteiger partial charge in [-0.2, -0.15) is 0 Å². The van der Waals surface area contributed by atoms with Crippen LogP contribution >= 0.6 is 12.2 Å². The second-order valence-electron chi connectivity index (χ2n) is 5.11. The first-order valence-electron chi connectivity index (χ1n) is 6.51. The maximum atomic E-state index is 5.62. The highest BCUT2D eigenvalue weighted by molar-refractivity contribution is 7.80. The molecule has 0 aromatic heterocycles. The minimum atomic E-state index is 0.485. The fourth-order valence-corrected chi connectivity index (χ4v) is 3.07. The van der Waals surface area contributed by atoms with Gasteiger partial charge >= 0.3 is 0 Å². The lowest BCUT2D eigenvalue weighted by Crippen LogP contribution is -2.45. The average Bonchev–Trinajstić information content (AvgIpc) is 2.78. The molecule has 2 fully saturated rings. The quantitative estimate of drug-likeness (QED) is 0.741. The van der Waals surface area contributed by atoms with E-state index < -0.39 is 0 Å². The van der Waals surface area contributed by atoms with Gasteiger partial charge in [0.15, 0.2) is 0 Å². The zero-order valence-corrected chi connectivity index (χ0v) is 11.4. The average molecular weight is 257 g/mol. The molecule has 2 atom stereocenters. The molecule has 0 aliphatic carbocycles. The Labute approximate surface area is 109 Å². The second-order valence-corrected chi connectivity index (χ2v) is 5.63. The minimum Gasteiger partial charge on any atom is -0.393 e. The number of nitrogens with two attached hydrogens (primary N) is 1. The van der Waals surface area contributed by atoms with Gasteiger partial charge in [0.1, 0.15) is 0 Å². The lowest BCUT2D eigenvalue weighted by atomic mass is 10.2. The van der Waals surface area contributed by atoms with Crippen LogP contribution in [0.2, 0.25) is 0 Å². The van der Waals surface area contributed by atoms with Crippen LogP contribution in [0.25, 0.3) is 0 Å². The number of thiocarbonyl (C=S) groups is 1. The molecule has 2 rings (SSSR count). The first-order valence-corrected chi connectivity index (χ1v) is 6.92. The van der Waals surface area contributed by atoms with Gasteiger partial charge in [-0.15, -0.1) is 0 Å². The van der Waals surface area contributed by atoms with E-state index >= 15 is 0 Å². The number of morpholine rings is 1. The van der Waals surface area contributed by atoms with Crippen molar-refractivity contribution in [3.05, 3.63) is 0 Å². The number of hydrogen-bond acceptors (Lipinski definition) is 4. The van der Waals surface area contributed by atoms with Crippen LogP contribution in [0.3, 0.4) is 0 Å². The maximum absolute atomic E-state index is 5.62. The van der Waals surface area contributed by atoms with Gasteiger partial charge in [-0.3, -0.25) is 9.80 Å². The Morgan fingerprint density at radius 3 is 2.76 bits per heavy atom. The van der Waals surface area contributed by atoms with Gasteiger partial charge < -0.3 is 10.5 Å². The molecule has 0 radical (unpaired) electrons. The van der Waals surface area contributed by atoms with Gasteiger partial charge in [0.25, 0.3) is 0 Å². The summed E-state index contributed by atoms with van der Waals surface area (Å²) in [6.07, 6.45) is 2.10. The van der Waals surface area contributed by atoms with E-state index in [-0.39, 0.29) is 0 Å². The molecule has 2 aliphatic heterocycles. The van der Waals surface area contributed by atoms with E-state index in [9.17, 15) is 0 Å². The largest absolute Gasteiger partial charge is 0.393 e. The monoisotopic (exact) mass is 257 g/mol. The summed E-state index contributed by atoms with van der Waals surface area (Å²) in [6, 6.07) is 1.19. The van der Waals surface area contributed by atoms with Crippen LogP contribution in [-0.4, -0.2) is 66.3 Å². The van der Waals surface area contributed by atoms with Crippen LogP contribution in [0.4, 0.5) is 0 Å². The van der Waals surface area contributed by atoms with Gasteiger partial charge in [0.05, 0.1) is 18.2 Å². The topological polar surface area (TPSA) is 41.7 Å². The summed E-state index contributed by atoms with van der Waals surface area (Å²) < 4.78 is 5.40. The normalized spacial score (nSPS) is 29.4. The fourth-order valence-electron chi connectivity index (χ4n) is 2.83. The Bertz CT molecular complexity index is 268. The molecule has 0 aromatic rings. The molecule has 0 bridgehead atoms. The van der Waals surface area contributed by atoms with Gasteiger partial charge in [0, 0.05) is 44.7 Å². The van der Waals surface area contributed by atoms with E-state index in [0.29, 0.717) is 17.1 Å². The predicted molar refractivity (Wildman–Crippen MR) is 73.2 cm³/mol. The van der Waals surface area contributed by atoms with Crippen molar-refractivity contribution in [3.63, 3.8) is 0 Å². The van der Waals surface area contributed by atoms with Crippen molar-refractivity contribution < 1.29 is 4.74 Å². The summed E-state index contributed by atoms with van der Waals surface area (Å²) in [4.78, 5) is 5.71. The van der Waals surface area contributed by atoms with Crippen LogP contribution in [0.5, 0.6) is 0 Å². The molecule has 17 heavy (non-hydrogen) atoms. The zero-order valence-electron chi connectivity index (χ0n) is 10.6. The van der Waals surface area contributed by atoms with Gasteiger partial charge in [0.2, 0.25) is 0 Å². The van der Waals surface area contributed by atoms with E-state index in [2.05, 4.69) is 16.7 Å². The molecule has 0 aromatic carbocycles. The molecule has 2 aliphatic rings. The van der Waals surface area contributed by atoms with Crippen LogP contribution in [0.1, 0.15) is 19.8 Å². The second kappa shape index (κ2) is 6.09. The smallest absolute Gasteiger partial charge is 0.0742 e. The third-order valence-electron chi connectivity index (χ3n) is 3.88. The Kier molecular flexibility index (Phi) is 4.73. The lowest BCUT2D eigenvalue weighted by Gasteiger charge is -2.32. The third-order valence-corrected chi connectivity index (χ3v) is 4.04. The summed E-state index contributed by atoms with van der Waals surface area (Å²) in [5.74, 6) is 0. The Hall–Kier alpha value is -0.230. The zero-order chi connectivity index (χ0) is 12.3. The van der Waals surface area contributed by atoms with E-state index in [0.717, 1.165) is 39.3 Å². The summed E-state index contributed by atoms with van der Waals surface area (Å²) >= 11 is 4.99. The van der Waals surface area contributed by atoms with Crippen molar-refractivity contribution in [1.29, 1.82) is 0 Å². The molecular weight excluding hydrogens is 234 g/mol. The Balaban J connectivity index is 1.79. The van der Waals surface area contributed by atoms with Crippen molar-refractivity contribution in [3.8, 4) is 0 Å². The molecule has 2 N–H and O–H groups in total. The van der Waals surface area contributed by atoms with E-state index in [1.54, 1.807) is 0 Å². The summed E-state index contributed by atoms with van der Waals surface area (Å²) in [7, 11) is 0. The Morgan fingerprint density at radius 1 is 1.41 bits per heavy atom. The molecule has 0 amide bonds. The number of nitrogens with zero attached hydrogens (tertiary/aromatic N) is 2. The predicted octanol–water partition coefficient (Wildman–Crippen LogP) is 0.458.